The maximum Gasteiger partial charge on any atom is 0.0822 e. The average molecular weight is 292 g/mol. The summed E-state index contributed by atoms with van der Waals surface area (Å²) in [5, 5.41) is 6.47. The molecule has 0 aliphatic carbocycles. The number of ether oxygens (including phenoxy) is 1. The summed E-state index contributed by atoms with van der Waals surface area (Å²) in [6, 6.07) is 2.35. The number of halogens is 1. The number of rotatable bonds is 5. The summed E-state index contributed by atoms with van der Waals surface area (Å²) in [4.78, 5) is 1.26. The molecule has 2 atom stereocenters. The summed E-state index contributed by atoms with van der Waals surface area (Å²) in [5.41, 5.74) is 0. The van der Waals surface area contributed by atoms with Crippen molar-refractivity contribution in [3.63, 3.8) is 0 Å². The van der Waals surface area contributed by atoms with Gasteiger partial charge in [0.05, 0.1) is 17.7 Å². The van der Waals surface area contributed by atoms with Crippen LogP contribution in [0.25, 0.3) is 0 Å². The number of hydrogen-bond donors (Lipinski definition) is 1. The summed E-state index contributed by atoms with van der Waals surface area (Å²) in [6.45, 7) is 3.98. The second kappa shape index (κ2) is 7.00. The Bertz CT molecular complexity index is 339. The Morgan fingerprint density at radius 1 is 1.65 bits per heavy atom. The first-order valence-corrected chi connectivity index (χ1v) is 8.37. The molecule has 1 saturated heterocycles. The van der Waals surface area contributed by atoms with Crippen molar-refractivity contribution < 1.29 is 4.74 Å². The van der Waals surface area contributed by atoms with Gasteiger partial charge in [0.1, 0.15) is 0 Å². The highest BCUT2D eigenvalue weighted by molar-refractivity contribution is 7.99. The third-order valence-electron chi connectivity index (χ3n) is 2.85. The van der Waals surface area contributed by atoms with Crippen molar-refractivity contribution in [3.8, 4) is 0 Å². The number of likely N-dealkylation sites (N-methyl/N-ethyl adjacent to an activating group) is 1. The molecule has 0 bridgehead atoms. The molecule has 96 valence electrons. The van der Waals surface area contributed by atoms with E-state index in [1.807, 2.05) is 17.8 Å². The molecule has 1 aliphatic heterocycles. The molecule has 2 nitrogen and oxygen atoms in total. The summed E-state index contributed by atoms with van der Waals surface area (Å²) in [5.74, 6) is 2.20. The van der Waals surface area contributed by atoms with E-state index in [9.17, 15) is 0 Å². The first kappa shape index (κ1) is 13.7. The van der Waals surface area contributed by atoms with Gasteiger partial charge in [0, 0.05) is 28.8 Å². The van der Waals surface area contributed by atoms with E-state index in [1.165, 1.54) is 4.88 Å². The first-order chi connectivity index (χ1) is 8.31. The Labute approximate surface area is 116 Å². The lowest BCUT2D eigenvalue weighted by Gasteiger charge is -2.30. The molecule has 2 unspecified atom stereocenters. The molecule has 0 amide bonds. The van der Waals surface area contributed by atoms with Crippen molar-refractivity contribution >= 4 is 34.7 Å². The average Bonchev–Trinajstić information content (AvgIpc) is 2.76. The van der Waals surface area contributed by atoms with Gasteiger partial charge < -0.3 is 10.1 Å². The highest BCUT2D eigenvalue weighted by Crippen LogP contribution is 2.26. The molecule has 17 heavy (non-hydrogen) atoms. The molecule has 0 aromatic carbocycles. The fourth-order valence-electron chi connectivity index (χ4n) is 2.01. The highest BCUT2D eigenvalue weighted by atomic mass is 35.5. The van der Waals surface area contributed by atoms with Gasteiger partial charge >= 0.3 is 0 Å². The van der Waals surface area contributed by atoms with Crippen LogP contribution in [0.3, 0.4) is 0 Å². The number of thiophene rings is 1. The first-order valence-electron chi connectivity index (χ1n) is 5.96. The lowest BCUT2D eigenvalue weighted by Crippen LogP contribution is -2.46. The van der Waals surface area contributed by atoms with Crippen LogP contribution in [-0.2, 0) is 11.2 Å². The molecule has 1 fully saturated rings. The normalized spacial score (nSPS) is 22.6. The van der Waals surface area contributed by atoms with E-state index in [0.29, 0.717) is 12.1 Å². The van der Waals surface area contributed by atoms with E-state index in [0.717, 1.165) is 36.1 Å². The van der Waals surface area contributed by atoms with E-state index in [4.69, 9.17) is 16.3 Å². The van der Waals surface area contributed by atoms with Gasteiger partial charge in [0.25, 0.3) is 0 Å². The Morgan fingerprint density at radius 2 is 2.53 bits per heavy atom. The molecule has 2 rings (SSSR count). The maximum absolute atomic E-state index is 6.16. The molecule has 0 radical (unpaired) electrons. The van der Waals surface area contributed by atoms with E-state index in [1.54, 1.807) is 11.3 Å². The molecule has 1 aromatic rings. The molecule has 0 saturated carbocycles. The maximum atomic E-state index is 6.16. The van der Waals surface area contributed by atoms with Crippen molar-refractivity contribution in [3.05, 3.63) is 21.3 Å². The third kappa shape index (κ3) is 3.86. The summed E-state index contributed by atoms with van der Waals surface area (Å²) >= 11 is 9.87. The van der Waals surface area contributed by atoms with Crippen molar-refractivity contribution in [1.29, 1.82) is 0 Å². The third-order valence-corrected chi connectivity index (χ3v) is 5.28. The Morgan fingerprint density at radius 3 is 3.12 bits per heavy atom. The van der Waals surface area contributed by atoms with Crippen LogP contribution in [0.4, 0.5) is 0 Å². The van der Waals surface area contributed by atoms with E-state index < -0.39 is 0 Å². The van der Waals surface area contributed by atoms with Gasteiger partial charge in [0.15, 0.2) is 0 Å². The zero-order valence-electron chi connectivity index (χ0n) is 9.95. The van der Waals surface area contributed by atoms with Crippen LogP contribution in [0.2, 0.25) is 5.02 Å². The number of hydrogen-bond acceptors (Lipinski definition) is 4. The lowest BCUT2D eigenvalue weighted by atomic mass is 10.1. The second-order valence-corrected chi connectivity index (χ2v) is 6.60. The van der Waals surface area contributed by atoms with Gasteiger partial charge in [-0.1, -0.05) is 18.5 Å². The minimum atomic E-state index is 0.312. The number of thioether (sulfide) groups is 1. The zero-order chi connectivity index (χ0) is 12.1. The Kier molecular flexibility index (Phi) is 5.63. The van der Waals surface area contributed by atoms with Gasteiger partial charge in [-0.2, -0.15) is 11.8 Å². The lowest BCUT2D eigenvalue weighted by molar-refractivity contribution is 0.0478. The van der Waals surface area contributed by atoms with Crippen molar-refractivity contribution in [2.75, 3.05) is 24.7 Å². The molecule has 5 heteroatoms. The predicted octanol–water partition coefficient (Wildman–Crippen LogP) is 3.05. The minimum absolute atomic E-state index is 0.312. The van der Waals surface area contributed by atoms with Crippen LogP contribution in [0.15, 0.2) is 11.4 Å². The summed E-state index contributed by atoms with van der Waals surface area (Å²) in [7, 11) is 0. The smallest absolute Gasteiger partial charge is 0.0822 e. The van der Waals surface area contributed by atoms with Crippen LogP contribution in [0, 0.1) is 0 Å². The van der Waals surface area contributed by atoms with Crippen molar-refractivity contribution in [1.82, 2.24) is 5.32 Å². The van der Waals surface area contributed by atoms with E-state index >= 15 is 0 Å². The standard InChI is InChI=1S/C12H18ClNOS2/c1-2-14-10(11-8-16-6-4-15-11)7-12-9(13)3-5-17-12/h3,5,10-11,14H,2,4,6-8H2,1H3. The van der Waals surface area contributed by atoms with Crippen molar-refractivity contribution in [2.45, 2.75) is 25.5 Å². The Balaban J connectivity index is 1.98. The van der Waals surface area contributed by atoms with Gasteiger partial charge in [-0.15, -0.1) is 11.3 Å². The van der Waals surface area contributed by atoms with Gasteiger partial charge in [-0.3, -0.25) is 0 Å². The van der Waals surface area contributed by atoms with Crippen LogP contribution in [0.5, 0.6) is 0 Å². The van der Waals surface area contributed by atoms with E-state index in [-0.39, 0.29) is 0 Å². The molecular formula is C12H18ClNOS2. The van der Waals surface area contributed by atoms with Crippen LogP contribution < -0.4 is 5.32 Å². The van der Waals surface area contributed by atoms with Gasteiger partial charge in [-0.05, 0) is 18.0 Å². The topological polar surface area (TPSA) is 21.3 Å². The van der Waals surface area contributed by atoms with E-state index in [2.05, 4.69) is 17.6 Å². The molecular weight excluding hydrogens is 274 g/mol. The largest absolute Gasteiger partial charge is 0.375 e. The summed E-state index contributed by atoms with van der Waals surface area (Å²) < 4.78 is 5.86. The predicted molar refractivity (Wildman–Crippen MR) is 77.6 cm³/mol. The fraction of sp³-hybridized carbons (Fsp3) is 0.667. The molecule has 2 heterocycles. The zero-order valence-corrected chi connectivity index (χ0v) is 12.3. The van der Waals surface area contributed by atoms with Crippen LogP contribution in [-0.4, -0.2) is 36.8 Å². The van der Waals surface area contributed by atoms with Crippen LogP contribution in [0.1, 0.15) is 11.8 Å². The van der Waals surface area contributed by atoms with Gasteiger partial charge in [-0.25, -0.2) is 0 Å². The highest BCUT2D eigenvalue weighted by Gasteiger charge is 2.25. The van der Waals surface area contributed by atoms with Crippen molar-refractivity contribution in [2.24, 2.45) is 0 Å². The molecule has 1 N–H and O–H groups in total. The molecule has 1 aromatic heterocycles. The summed E-state index contributed by atoms with van der Waals surface area (Å²) in [6.07, 6.45) is 1.28. The minimum Gasteiger partial charge on any atom is -0.375 e. The molecule has 0 spiro atoms. The fourth-order valence-corrected chi connectivity index (χ4v) is 4.12. The second-order valence-electron chi connectivity index (χ2n) is 4.04. The Hall–Kier alpha value is 0.260. The molecule has 1 aliphatic rings. The number of nitrogens with one attached hydrogen (secondary N) is 1. The SMILES string of the molecule is CCNC(Cc1sccc1Cl)C1CSCCO1. The monoisotopic (exact) mass is 291 g/mol. The van der Waals surface area contributed by atoms with Crippen LogP contribution >= 0.6 is 34.7 Å². The quantitative estimate of drug-likeness (QED) is 0.901. The van der Waals surface area contributed by atoms with Gasteiger partial charge in [0.2, 0.25) is 0 Å².